The number of carbonyl (C=O) groups is 1. The molecule has 200 valence electrons. The van der Waals surface area contributed by atoms with Gasteiger partial charge in [0, 0.05) is 49.6 Å². The molecule has 12 heteroatoms. The number of hydrogen-bond acceptors (Lipinski definition) is 5. The van der Waals surface area contributed by atoms with Gasteiger partial charge in [-0.2, -0.15) is 18.3 Å². The summed E-state index contributed by atoms with van der Waals surface area (Å²) >= 11 is 0. The number of non-ortho nitro benzene ring substituents is 1. The van der Waals surface area contributed by atoms with E-state index in [4.69, 9.17) is 0 Å². The molecular weight excluding hydrogens is 518 g/mol. The van der Waals surface area contributed by atoms with Crippen LogP contribution in [0.4, 0.5) is 28.9 Å². The van der Waals surface area contributed by atoms with E-state index in [9.17, 15) is 32.5 Å². The van der Waals surface area contributed by atoms with Gasteiger partial charge in [0.15, 0.2) is 0 Å². The van der Waals surface area contributed by atoms with Crippen LogP contribution in [-0.4, -0.2) is 51.7 Å². The third-order valence-corrected chi connectivity index (χ3v) is 6.49. The Hall–Kier alpha value is -4.74. The highest BCUT2D eigenvalue weighted by Crippen LogP contribution is 2.32. The first-order valence-electron chi connectivity index (χ1n) is 11.9. The number of nitrogens with zero attached hydrogens (tertiary/aromatic N) is 5. The maximum absolute atomic E-state index is 14.5. The van der Waals surface area contributed by atoms with E-state index in [2.05, 4.69) is 5.10 Å². The number of carbonyl (C=O) groups excluding carboxylic acids is 1. The molecule has 1 amide bonds. The number of hydrogen-bond donors (Lipinski definition) is 0. The molecule has 4 aromatic rings. The third-order valence-electron chi connectivity index (χ3n) is 6.49. The van der Waals surface area contributed by atoms with Gasteiger partial charge in [-0.1, -0.05) is 18.2 Å². The molecule has 0 N–H and O–H groups in total. The van der Waals surface area contributed by atoms with Crippen molar-refractivity contribution in [2.24, 2.45) is 0 Å². The van der Waals surface area contributed by atoms with E-state index in [-0.39, 0.29) is 35.7 Å². The standard InChI is InChI=1S/C27H21F4N5O3/c28-23-7-2-1-6-22(23)24-17-25(35(32-24)19-8-10-20(11-9-19)36(38)39)26(37)34-14-12-33(13-15-34)21-5-3-4-18(16-21)27(29,30)31/h1-11,16-17H,12-15H2. The highest BCUT2D eigenvalue weighted by Gasteiger charge is 2.32. The fraction of sp³-hybridized carbons (Fsp3) is 0.185. The minimum absolute atomic E-state index is 0.120. The summed E-state index contributed by atoms with van der Waals surface area (Å²) in [6, 6.07) is 17.9. The average molecular weight is 539 g/mol. The number of piperazine rings is 1. The smallest absolute Gasteiger partial charge is 0.368 e. The molecule has 0 radical (unpaired) electrons. The SMILES string of the molecule is O=C(c1cc(-c2ccccc2F)nn1-c1ccc([N+](=O)[O-])cc1)N1CCN(c2cccc(C(F)(F)F)c2)CC1. The van der Waals surface area contributed by atoms with Crippen molar-refractivity contribution in [3.8, 4) is 16.9 Å². The van der Waals surface area contributed by atoms with Crippen molar-refractivity contribution in [2.75, 3.05) is 31.1 Å². The molecule has 1 fully saturated rings. The van der Waals surface area contributed by atoms with Crippen molar-refractivity contribution < 1.29 is 27.3 Å². The summed E-state index contributed by atoms with van der Waals surface area (Å²) in [7, 11) is 0. The molecular formula is C27H21F4N5O3. The Kier molecular flexibility index (Phi) is 6.77. The predicted octanol–water partition coefficient (Wildman–Crippen LogP) is 5.57. The van der Waals surface area contributed by atoms with Crippen LogP contribution in [0.15, 0.2) is 78.9 Å². The van der Waals surface area contributed by atoms with Crippen molar-refractivity contribution in [3.63, 3.8) is 0 Å². The van der Waals surface area contributed by atoms with E-state index in [1.165, 1.54) is 59.3 Å². The number of halogens is 4. The molecule has 0 aliphatic carbocycles. The Morgan fingerprint density at radius 3 is 2.21 bits per heavy atom. The molecule has 1 aromatic heterocycles. The number of alkyl halides is 3. The van der Waals surface area contributed by atoms with Gasteiger partial charge in [-0.25, -0.2) is 9.07 Å². The molecule has 1 saturated heterocycles. The molecule has 5 rings (SSSR count). The molecule has 0 unspecified atom stereocenters. The van der Waals surface area contributed by atoms with Crippen molar-refractivity contribution >= 4 is 17.3 Å². The van der Waals surface area contributed by atoms with Crippen molar-refractivity contribution in [3.05, 3.63) is 106 Å². The Morgan fingerprint density at radius 1 is 0.872 bits per heavy atom. The van der Waals surface area contributed by atoms with Crippen LogP contribution in [0.3, 0.4) is 0 Å². The molecule has 3 aromatic carbocycles. The minimum Gasteiger partial charge on any atom is -0.368 e. The van der Waals surface area contributed by atoms with E-state index in [1.54, 1.807) is 21.9 Å². The lowest BCUT2D eigenvalue weighted by atomic mass is 10.1. The van der Waals surface area contributed by atoms with Crippen LogP contribution in [0.25, 0.3) is 16.9 Å². The normalized spacial score (nSPS) is 13.9. The second-order valence-electron chi connectivity index (χ2n) is 8.91. The zero-order valence-corrected chi connectivity index (χ0v) is 20.3. The van der Waals surface area contributed by atoms with Crippen LogP contribution in [0.1, 0.15) is 16.1 Å². The lowest BCUT2D eigenvalue weighted by Gasteiger charge is -2.36. The number of rotatable bonds is 5. The van der Waals surface area contributed by atoms with Gasteiger partial charge >= 0.3 is 6.18 Å². The summed E-state index contributed by atoms with van der Waals surface area (Å²) in [4.78, 5) is 27.5. The molecule has 0 saturated carbocycles. The first-order valence-corrected chi connectivity index (χ1v) is 11.9. The lowest BCUT2D eigenvalue weighted by Crippen LogP contribution is -2.49. The Bertz CT molecular complexity index is 1530. The minimum atomic E-state index is -4.46. The van der Waals surface area contributed by atoms with Crippen LogP contribution < -0.4 is 4.90 Å². The van der Waals surface area contributed by atoms with Gasteiger partial charge in [0.05, 0.1) is 21.9 Å². The van der Waals surface area contributed by atoms with Crippen LogP contribution in [-0.2, 0) is 6.18 Å². The highest BCUT2D eigenvalue weighted by molar-refractivity contribution is 5.94. The molecule has 1 aliphatic rings. The maximum atomic E-state index is 14.5. The van der Waals surface area contributed by atoms with E-state index in [0.717, 1.165) is 12.1 Å². The first-order chi connectivity index (χ1) is 18.6. The van der Waals surface area contributed by atoms with E-state index in [1.807, 2.05) is 0 Å². The Morgan fingerprint density at radius 2 is 1.56 bits per heavy atom. The lowest BCUT2D eigenvalue weighted by molar-refractivity contribution is -0.384. The number of anilines is 1. The van der Waals surface area contributed by atoms with Gasteiger partial charge in [-0.15, -0.1) is 0 Å². The van der Waals surface area contributed by atoms with Gasteiger partial charge in [0.2, 0.25) is 0 Å². The van der Waals surface area contributed by atoms with Gasteiger partial charge in [0.1, 0.15) is 11.5 Å². The molecule has 1 aliphatic heterocycles. The second kappa shape index (κ2) is 10.2. The van der Waals surface area contributed by atoms with Crippen molar-refractivity contribution in [1.29, 1.82) is 0 Å². The molecule has 0 bridgehead atoms. The van der Waals surface area contributed by atoms with Gasteiger partial charge < -0.3 is 9.80 Å². The monoisotopic (exact) mass is 539 g/mol. The summed E-state index contributed by atoms with van der Waals surface area (Å²) in [6.45, 7) is 1.07. The number of aromatic nitrogens is 2. The summed E-state index contributed by atoms with van der Waals surface area (Å²) in [5.41, 5.74) is 0.405. The summed E-state index contributed by atoms with van der Waals surface area (Å²) in [5.74, 6) is -0.938. The Labute approximate surface area is 219 Å². The highest BCUT2D eigenvalue weighted by atomic mass is 19.4. The number of nitro groups is 1. The summed E-state index contributed by atoms with van der Waals surface area (Å²) in [5, 5.41) is 15.5. The van der Waals surface area contributed by atoms with Gasteiger partial charge in [0.25, 0.3) is 11.6 Å². The summed E-state index contributed by atoms with van der Waals surface area (Å²) < 4.78 is 55.3. The second-order valence-corrected chi connectivity index (χ2v) is 8.91. The third kappa shape index (κ3) is 5.31. The van der Waals surface area contributed by atoms with Crippen molar-refractivity contribution in [1.82, 2.24) is 14.7 Å². The van der Waals surface area contributed by atoms with Crippen molar-refractivity contribution in [2.45, 2.75) is 6.18 Å². The summed E-state index contributed by atoms with van der Waals surface area (Å²) in [6.07, 6.45) is -4.46. The van der Waals surface area contributed by atoms with E-state index < -0.39 is 28.4 Å². The molecule has 8 nitrogen and oxygen atoms in total. The van der Waals surface area contributed by atoms with Crippen LogP contribution in [0, 0.1) is 15.9 Å². The average Bonchev–Trinajstić information content (AvgIpc) is 3.38. The first kappa shape index (κ1) is 25.9. The molecule has 39 heavy (non-hydrogen) atoms. The molecule has 0 spiro atoms. The number of nitro benzene ring substituents is 1. The Balaban J connectivity index is 1.42. The maximum Gasteiger partial charge on any atom is 0.416 e. The zero-order chi connectivity index (χ0) is 27.7. The van der Waals surface area contributed by atoms with E-state index >= 15 is 0 Å². The molecule has 0 atom stereocenters. The zero-order valence-electron chi connectivity index (χ0n) is 20.3. The quantitative estimate of drug-likeness (QED) is 0.188. The number of benzene rings is 3. The fourth-order valence-electron chi connectivity index (χ4n) is 4.46. The van der Waals surface area contributed by atoms with Crippen LogP contribution in [0.2, 0.25) is 0 Å². The topological polar surface area (TPSA) is 84.5 Å². The predicted molar refractivity (Wildman–Crippen MR) is 135 cm³/mol. The fourth-order valence-corrected chi connectivity index (χ4v) is 4.46. The largest absolute Gasteiger partial charge is 0.416 e. The van der Waals surface area contributed by atoms with Crippen LogP contribution >= 0.6 is 0 Å². The van der Waals surface area contributed by atoms with E-state index in [0.29, 0.717) is 24.5 Å². The van der Waals surface area contributed by atoms with Gasteiger partial charge in [-0.05, 0) is 48.5 Å². The molecule has 2 heterocycles. The number of amides is 1. The van der Waals surface area contributed by atoms with Gasteiger partial charge in [-0.3, -0.25) is 14.9 Å². The van der Waals surface area contributed by atoms with Crippen LogP contribution in [0.5, 0.6) is 0 Å².